The molecule has 0 spiro atoms. The standard InChI is InChI=1S/C28H36O8/c1-16(29)26(33)12-13-28(35)25(26,3)22(36-23(32)17-4-6-19(30)7-5-17)15-21-24(2)10-9-20(31)14-18(24)8-11-27(21,28)34/h4-8,20-22,30-31,33-35H,9-15H2,1-3H3/t20-,21-,22-,24-,25-,26+,27+,28+/m0/s1. The summed E-state index contributed by atoms with van der Waals surface area (Å²) < 4.78 is 6.01. The number of aliphatic hydroxyl groups is 4. The van der Waals surface area contributed by atoms with Crippen molar-refractivity contribution < 1.29 is 39.9 Å². The van der Waals surface area contributed by atoms with Crippen molar-refractivity contribution in [3.8, 4) is 5.75 Å². The number of hydrogen-bond donors (Lipinski definition) is 5. The van der Waals surface area contributed by atoms with Crippen molar-refractivity contribution in [2.45, 2.75) is 94.7 Å². The van der Waals surface area contributed by atoms with Crippen molar-refractivity contribution in [1.82, 2.24) is 0 Å². The normalized spacial score (nSPS) is 45.6. The number of benzene rings is 1. The second-order valence-electron chi connectivity index (χ2n) is 11.9. The zero-order valence-corrected chi connectivity index (χ0v) is 21.0. The Morgan fingerprint density at radius 1 is 1.03 bits per heavy atom. The fourth-order valence-electron chi connectivity index (χ4n) is 8.17. The number of esters is 1. The van der Waals surface area contributed by atoms with E-state index in [9.17, 15) is 35.1 Å². The molecular weight excluding hydrogens is 464 g/mol. The van der Waals surface area contributed by atoms with Crippen LogP contribution in [0.2, 0.25) is 0 Å². The predicted molar refractivity (Wildman–Crippen MR) is 129 cm³/mol. The van der Waals surface area contributed by atoms with Crippen LogP contribution in [0.15, 0.2) is 35.9 Å². The maximum Gasteiger partial charge on any atom is 0.338 e. The van der Waals surface area contributed by atoms with E-state index in [1.165, 1.54) is 31.2 Å². The zero-order valence-electron chi connectivity index (χ0n) is 21.0. The molecule has 5 N–H and O–H groups in total. The molecular formula is C28H36O8. The van der Waals surface area contributed by atoms with Gasteiger partial charge in [0.2, 0.25) is 0 Å². The zero-order chi connectivity index (χ0) is 26.3. The average molecular weight is 501 g/mol. The molecule has 196 valence electrons. The van der Waals surface area contributed by atoms with Crippen LogP contribution >= 0.6 is 0 Å². The van der Waals surface area contributed by atoms with Crippen LogP contribution < -0.4 is 0 Å². The van der Waals surface area contributed by atoms with Crippen LogP contribution in [0.25, 0.3) is 0 Å². The van der Waals surface area contributed by atoms with Gasteiger partial charge in [0.05, 0.1) is 17.1 Å². The molecule has 0 bridgehead atoms. The smallest absolute Gasteiger partial charge is 0.338 e. The predicted octanol–water partition coefficient (Wildman–Crippen LogP) is 2.40. The number of carbonyl (C=O) groups excluding carboxylic acids is 2. The quantitative estimate of drug-likeness (QED) is 0.314. The van der Waals surface area contributed by atoms with Crippen LogP contribution in [0.1, 0.15) is 76.1 Å². The molecule has 0 radical (unpaired) electrons. The Kier molecular flexibility index (Phi) is 5.55. The van der Waals surface area contributed by atoms with Crippen LogP contribution in [-0.4, -0.2) is 66.3 Å². The minimum absolute atomic E-state index is 0.00806. The summed E-state index contributed by atoms with van der Waals surface area (Å²) in [6.07, 6.45) is 2.15. The van der Waals surface area contributed by atoms with E-state index in [2.05, 4.69) is 0 Å². The highest BCUT2D eigenvalue weighted by Gasteiger charge is 2.81. The topological polar surface area (TPSA) is 145 Å². The minimum Gasteiger partial charge on any atom is -0.508 e. The maximum atomic E-state index is 13.2. The summed E-state index contributed by atoms with van der Waals surface area (Å²) in [7, 11) is 0. The second kappa shape index (κ2) is 7.87. The van der Waals surface area contributed by atoms with E-state index in [1.54, 1.807) is 6.92 Å². The third-order valence-corrected chi connectivity index (χ3v) is 10.5. The van der Waals surface area contributed by atoms with Crippen molar-refractivity contribution in [3.05, 3.63) is 41.5 Å². The Bertz CT molecular complexity index is 1130. The minimum atomic E-state index is -2.00. The van der Waals surface area contributed by atoms with Gasteiger partial charge in [-0.25, -0.2) is 4.79 Å². The Morgan fingerprint density at radius 3 is 2.33 bits per heavy atom. The van der Waals surface area contributed by atoms with Gasteiger partial charge in [-0.2, -0.15) is 0 Å². The molecule has 5 rings (SSSR count). The summed E-state index contributed by atoms with van der Waals surface area (Å²) >= 11 is 0. The maximum absolute atomic E-state index is 13.2. The summed E-state index contributed by atoms with van der Waals surface area (Å²) in [5.41, 5.74) is -6.60. The third kappa shape index (κ3) is 3.01. The third-order valence-electron chi connectivity index (χ3n) is 10.5. The summed E-state index contributed by atoms with van der Waals surface area (Å²) in [4.78, 5) is 26.1. The number of ketones is 1. The molecule has 0 aliphatic heterocycles. The number of aromatic hydroxyl groups is 1. The molecule has 36 heavy (non-hydrogen) atoms. The molecule has 8 atom stereocenters. The molecule has 4 aliphatic rings. The van der Waals surface area contributed by atoms with Gasteiger partial charge in [0, 0.05) is 5.92 Å². The highest BCUT2D eigenvalue weighted by molar-refractivity contribution is 5.90. The number of carbonyl (C=O) groups is 2. The molecule has 1 aromatic rings. The first-order valence-electron chi connectivity index (χ1n) is 12.8. The molecule has 0 heterocycles. The van der Waals surface area contributed by atoms with Gasteiger partial charge in [0.25, 0.3) is 0 Å². The fourth-order valence-corrected chi connectivity index (χ4v) is 8.17. The van der Waals surface area contributed by atoms with Crippen molar-refractivity contribution >= 4 is 11.8 Å². The number of hydrogen-bond acceptors (Lipinski definition) is 8. The lowest BCUT2D eigenvalue weighted by molar-refractivity contribution is -0.312. The van der Waals surface area contributed by atoms with Crippen LogP contribution in [-0.2, 0) is 9.53 Å². The highest BCUT2D eigenvalue weighted by atomic mass is 16.5. The molecule has 0 saturated heterocycles. The summed E-state index contributed by atoms with van der Waals surface area (Å²) in [5.74, 6) is -1.79. The van der Waals surface area contributed by atoms with Gasteiger partial charge < -0.3 is 30.3 Å². The molecule has 8 nitrogen and oxygen atoms in total. The van der Waals surface area contributed by atoms with E-state index in [0.717, 1.165) is 5.57 Å². The molecule has 0 aromatic heterocycles. The molecule has 8 heteroatoms. The van der Waals surface area contributed by atoms with E-state index < -0.39 is 57.5 Å². The Balaban J connectivity index is 1.64. The largest absolute Gasteiger partial charge is 0.508 e. The number of phenols is 1. The van der Waals surface area contributed by atoms with E-state index in [1.807, 2.05) is 13.0 Å². The first kappa shape index (κ1) is 25.4. The van der Waals surface area contributed by atoms with Crippen molar-refractivity contribution in [2.75, 3.05) is 0 Å². The van der Waals surface area contributed by atoms with Crippen molar-refractivity contribution in [1.29, 1.82) is 0 Å². The lowest BCUT2D eigenvalue weighted by atomic mass is 9.42. The molecule has 3 saturated carbocycles. The van der Waals surface area contributed by atoms with Gasteiger partial charge in [-0.05, 0) is 88.5 Å². The van der Waals surface area contributed by atoms with E-state index in [0.29, 0.717) is 19.3 Å². The lowest BCUT2D eigenvalue weighted by Crippen LogP contribution is -2.78. The Labute approximate surface area is 210 Å². The van der Waals surface area contributed by atoms with Crippen LogP contribution in [0.3, 0.4) is 0 Å². The Morgan fingerprint density at radius 2 is 1.69 bits per heavy atom. The van der Waals surface area contributed by atoms with E-state index in [-0.39, 0.29) is 37.0 Å². The van der Waals surface area contributed by atoms with Crippen LogP contribution in [0.5, 0.6) is 5.75 Å². The van der Waals surface area contributed by atoms with Crippen LogP contribution in [0, 0.1) is 16.7 Å². The van der Waals surface area contributed by atoms with Gasteiger partial charge in [0.15, 0.2) is 5.78 Å². The number of phenolic OH excluding ortho intramolecular Hbond substituents is 1. The second-order valence-corrected chi connectivity index (χ2v) is 11.9. The van der Waals surface area contributed by atoms with Crippen molar-refractivity contribution in [3.63, 3.8) is 0 Å². The average Bonchev–Trinajstić information content (AvgIpc) is 3.06. The highest BCUT2D eigenvalue weighted by Crippen LogP contribution is 2.70. The molecule has 1 aromatic carbocycles. The summed E-state index contributed by atoms with van der Waals surface area (Å²) in [5, 5.41) is 56.3. The van der Waals surface area contributed by atoms with Crippen LogP contribution in [0.4, 0.5) is 0 Å². The number of ether oxygens (including phenoxy) is 1. The first-order chi connectivity index (χ1) is 16.7. The number of Topliss-reactive ketones (excluding diaryl/α,β-unsaturated/α-hetero) is 1. The Hall–Kier alpha value is -2.26. The number of fused-ring (bicyclic) bond motifs is 5. The lowest BCUT2D eigenvalue weighted by Gasteiger charge is -2.67. The monoisotopic (exact) mass is 500 g/mol. The summed E-state index contributed by atoms with van der Waals surface area (Å²) in [6, 6.07) is 5.57. The fraction of sp³-hybridized carbons (Fsp3) is 0.643. The van der Waals surface area contributed by atoms with Gasteiger partial charge in [-0.3, -0.25) is 4.79 Å². The number of rotatable bonds is 3. The van der Waals surface area contributed by atoms with E-state index in [4.69, 9.17) is 4.74 Å². The van der Waals surface area contributed by atoms with Gasteiger partial charge >= 0.3 is 5.97 Å². The summed E-state index contributed by atoms with van der Waals surface area (Å²) in [6.45, 7) is 4.84. The van der Waals surface area contributed by atoms with Crippen molar-refractivity contribution in [2.24, 2.45) is 16.7 Å². The molecule has 0 amide bonds. The van der Waals surface area contributed by atoms with E-state index >= 15 is 0 Å². The molecule has 3 fully saturated rings. The van der Waals surface area contributed by atoms with Gasteiger partial charge in [-0.15, -0.1) is 0 Å². The molecule has 0 unspecified atom stereocenters. The molecule has 4 aliphatic carbocycles. The van der Waals surface area contributed by atoms with Gasteiger partial charge in [0.1, 0.15) is 28.7 Å². The first-order valence-corrected chi connectivity index (χ1v) is 12.8. The SMILES string of the molecule is CC(=O)[C@]1(O)CC[C@@]2(O)[C@@]1(C)[C@@H](OC(=O)c1ccc(O)cc1)C[C@H]1[C@@]3(C)CC[C@H](O)CC3=CC[C@@]12O. The van der Waals surface area contributed by atoms with Gasteiger partial charge in [-0.1, -0.05) is 18.6 Å². The number of aliphatic hydroxyl groups excluding tert-OH is 1.